The van der Waals surface area contributed by atoms with Gasteiger partial charge in [0.1, 0.15) is 11.5 Å². The maximum Gasteiger partial charge on any atom is 0.191 e. The Morgan fingerprint density at radius 2 is 1.65 bits per heavy atom. The number of rotatable bonds is 8. The van der Waals surface area contributed by atoms with Crippen molar-refractivity contribution in [2.45, 2.75) is 31.7 Å². The van der Waals surface area contributed by atoms with E-state index in [1.807, 2.05) is 19.1 Å². The molecule has 3 rings (SSSR count). The van der Waals surface area contributed by atoms with Gasteiger partial charge in [-0.05, 0) is 55.2 Å². The quantitative estimate of drug-likeness (QED) is 0.300. The van der Waals surface area contributed by atoms with Crippen LogP contribution in [0.5, 0.6) is 11.5 Å². The molecular formula is C24H34IN3O3. The molecule has 1 saturated heterocycles. The number of methoxy groups -OCH3 is 1. The Bertz CT molecular complexity index is 804. The third kappa shape index (κ3) is 7.00. The van der Waals surface area contributed by atoms with Gasteiger partial charge in [0.2, 0.25) is 0 Å². The molecule has 0 saturated carbocycles. The minimum absolute atomic E-state index is 0. The third-order valence-electron chi connectivity index (χ3n) is 5.66. The first-order valence-corrected chi connectivity index (χ1v) is 10.6. The van der Waals surface area contributed by atoms with Crippen molar-refractivity contribution in [3.8, 4) is 11.5 Å². The van der Waals surface area contributed by atoms with Crippen molar-refractivity contribution in [1.82, 2.24) is 10.6 Å². The lowest BCUT2D eigenvalue weighted by atomic mass is 9.74. The molecule has 0 atom stereocenters. The zero-order chi connectivity index (χ0) is 21.2. The second kappa shape index (κ2) is 12.8. The lowest BCUT2D eigenvalue weighted by molar-refractivity contribution is 0.0513. The number of hydrogen-bond acceptors (Lipinski definition) is 4. The van der Waals surface area contributed by atoms with Crippen molar-refractivity contribution in [1.29, 1.82) is 0 Å². The normalized spacial score (nSPS) is 15.5. The van der Waals surface area contributed by atoms with E-state index in [9.17, 15) is 0 Å². The van der Waals surface area contributed by atoms with Gasteiger partial charge in [-0.25, -0.2) is 0 Å². The summed E-state index contributed by atoms with van der Waals surface area (Å²) in [5.41, 5.74) is 2.50. The Hall–Kier alpha value is -2.00. The maximum atomic E-state index is 5.66. The molecule has 1 aliphatic rings. The fourth-order valence-electron chi connectivity index (χ4n) is 3.80. The van der Waals surface area contributed by atoms with Crippen LogP contribution in [0.25, 0.3) is 0 Å². The SMILES string of the molecule is CCOc1ccc(C2(CNC(=NC)NCc3ccc(OC)cc3)CCOCC2)cc1.I. The summed E-state index contributed by atoms with van der Waals surface area (Å²) in [6.45, 7) is 5.72. The van der Waals surface area contributed by atoms with Crippen LogP contribution < -0.4 is 20.1 Å². The number of nitrogens with zero attached hydrogens (tertiary/aromatic N) is 1. The van der Waals surface area contributed by atoms with Crippen LogP contribution in [0.2, 0.25) is 0 Å². The van der Waals surface area contributed by atoms with Gasteiger partial charge in [-0.2, -0.15) is 0 Å². The van der Waals surface area contributed by atoms with Gasteiger partial charge in [-0.15, -0.1) is 24.0 Å². The molecular weight excluding hydrogens is 505 g/mol. The number of guanidine groups is 1. The van der Waals surface area contributed by atoms with Crippen LogP contribution in [-0.4, -0.2) is 46.5 Å². The van der Waals surface area contributed by atoms with Gasteiger partial charge in [0.25, 0.3) is 0 Å². The zero-order valence-corrected chi connectivity index (χ0v) is 21.0. The number of benzene rings is 2. The average Bonchev–Trinajstić information content (AvgIpc) is 2.81. The Balaban J connectivity index is 0.00000341. The summed E-state index contributed by atoms with van der Waals surface area (Å²) in [7, 11) is 3.48. The molecule has 0 aliphatic carbocycles. The molecule has 2 aromatic rings. The molecule has 1 aliphatic heterocycles. The average molecular weight is 539 g/mol. The number of hydrogen-bond donors (Lipinski definition) is 2. The van der Waals surface area contributed by atoms with Crippen LogP contribution >= 0.6 is 24.0 Å². The zero-order valence-electron chi connectivity index (χ0n) is 18.6. The van der Waals surface area contributed by atoms with Gasteiger partial charge < -0.3 is 24.8 Å². The number of halogens is 1. The van der Waals surface area contributed by atoms with Gasteiger partial charge >= 0.3 is 0 Å². The van der Waals surface area contributed by atoms with E-state index >= 15 is 0 Å². The molecule has 0 spiro atoms. The Morgan fingerprint density at radius 3 is 2.23 bits per heavy atom. The monoisotopic (exact) mass is 539 g/mol. The lowest BCUT2D eigenvalue weighted by Crippen LogP contribution is -2.47. The summed E-state index contributed by atoms with van der Waals surface area (Å²) in [5, 5.41) is 6.94. The van der Waals surface area contributed by atoms with Gasteiger partial charge in [0.05, 0.1) is 13.7 Å². The molecule has 1 heterocycles. The van der Waals surface area contributed by atoms with Crippen molar-refractivity contribution >= 4 is 29.9 Å². The third-order valence-corrected chi connectivity index (χ3v) is 5.66. The maximum absolute atomic E-state index is 5.66. The summed E-state index contributed by atoms with van der Waals surface area (Å²) in [6.07, 6.45) is 1.95. The van der Waals surface area contributed by atoms with Crippen LogP contribution in [0, 0.1) is 0 Å². The first kappa shape index (κ1) is 25.3. The van der Waals surface area contributed by atoms with Gasteiger partial charge in [0, 0.05) is 38.8 Å². The standard InChI is InChI=1S/C24H33N3O3.HI/c1-4-30-22-11-7-20(8-12-22)24(13-15-29-16-14-24)18-27-23(25-2)26-17-19-5-9-21(28-3)10-6-19;/h5-12H,4,13-18H2,1-3H3,(H2,25,26,27);1H. The van der Waals surface area contributed by atoms with Crippen LogP contribution in [-0.2, 0) is 16.7 Å². The Kier molecular flexibility index (Phi) is 10.4. The fraction of sp³-hybridized carbons (Fsp3) is 0.458. The molecule has 2 aromatic carbocycles. The van der Waals surface area contributed by atoms with Crippen LogP contribution in [0.4, 0.5) is 0 Å². The molecule has 1 fully saturated rings. The molecule has 0 amide bonds. The fourth-order valence-corrected chi connectivity index (χ4v) is 3.80. The van der Waals surface area contributed by atoms with E-state index < -0.39 is 0 Å². The van der Waals surface area contributed by atoms with E-state index in [1.54, 1.807) is 14.2 Å². The van der Waals surface area contributed by atoms with Crippen LogP contribution in [0.1, 0.15) is 30.9 Å². The van der Waals surface area contributed by atoms with Crippen molar-refractivity contribution < 1.29 is 14.2 Å². The van der Waals surface area contributed by atoms with Gasteiger partial charge in [-0.3, -0.25) is 4.99 Å². The summed E-state index contributed by atoms with van der Waals surface area (Å²) in [6, 6.07) is 16.5. The van der Waals surface area contributed by atoms with E-state index in [0.29, 0.717) is 13.2 Å². The first-order valence-electron chi connectivity index (χ1n) is 10.6. The predicted molar refractivity (Wildman–Crippen MR) is 136 cm³/mol. The van der Waals surface area contributed by atoms with Crippen molar-refractivity contribution in [2.75, 3.05) is 40.5 Å². The second-order valence-electron chi connectivity index (χ2n) is 7.48. The highest BCUT2D eigenvalue weighted by atomic mass is 127. The van der Waals surface area contributed by atoms with Gasteiger partial charge in [0.15, 0.2) is 5.96 Å². The summed E-state index contributed by atoms with van der Waals surface area (Å²) >= 11 is 0. The molecule has 170 valence electrons. The molecule has 0 bridgehead atoms. The Morgan fingerprint density at radius 1 is 1.00 bits per heavy atom. The number of nitrogens with one attached hydrogen (secondary N) is 2. The van der Waals surface area contributed by atoms with Crippen molar-refractivity contribution in [3.05, 3.63) is 59.7 Å². The van der Waals surface area contributed by atoms with E-state index in [1.165, 1.54) is 11.1 Å². The number of ether oxygens (including phenoxy) is 3. The highest BCUT2D eigenvalue weighted by Crippen LogP contribution is 2.35. The molecule has 6 nitrogen and oxygen atoms in total. The second-order valence-corrected chi connectivity index (χ2v) is 7.48. The highest BCUT2D eigenvalue weighted by Gasteiger charge is 2.34. The lowest BCUT2D eigenvalue weighted by Gasteiger charge is -2.38. The molecule has 0 radical (unpaired) electrons. The smallest absolute Gasteiger partial charge is 0.191 e. The molecule has 31 heavy (non-hydrogen) atoms. The summed E-state index contributed by atoms with van der Waals surface area (Å²) in [5.74, 6) is 2.56. The minimum Gasteiger partial charge on any atom is -0.497 e. The van der Waals surface area contributed by atoms with Gasteiger partial charge in [-0.1, -0.05) is 24.3 Å². The summed E-state index contributed by atoms with van der Waals surface area (Å²) < 4.78 is 16.5. The first-order chi connectivity index (χ1) is 14.7. The minimum atomic E-state index is 0. The Labute approximate surface area is 202 Å². The molecule has 7 heteroatoms. The summed E-state index contributed by atoms with van der Waals surface area (Å²) in [4.78, 5) is 4.40. The van der Waals surface area contributed by atoms with E-state index in [2.05, 4.69) is 52.0 Å². The molecule has 0 unspecified atom stereocenters. The van der Waals surface area contributed by atoms with E-state index in [0.717, 1.165) is 50.1 Å². The van der Waals surface area contributed by atoms with E-state index in [-0.39, 0.29) is 29.4 Å². The van der Waals surface area contributed by atoms with Crippen molar-refractivity contribution in [3.63, 3.8) is 0 Å². The molecule has 0 aromatic heterocycles. The van der Waals surface area contributed by atoms with Crippen LogP contribution in [0.3, 0.4) is 0 Å². The number of aliphatic imine (C=N–C) groups is 1. The van der Waals surface area contributed by atoms with Crippen molar-refractivity contribution in [2.24, 2.45) is 4.99 Å². The van der Waals surface area contributed by atoms with E-state index in [4.69, 9.17) is 14.2 Å². The van der Waals surface area contributed by atoms with Crippen LogP contribution in [0.15, 0.2) is 53.5 Å². The topological polar surface area (TPSA) is 64.1 Å². The largest absolute Gasteiger partial charge is 0.497 e. The highest BCUT2D eigenvalue weighted by molar-refractivity contribution is 14.0. The predicted octanol–water partition coefficient (Wildman–Crippen LogP) is 4.13. The molecule has 2 N–H and O–H groups in total.